The van der Waals surface area contributed by atoms with Crippen molar-refractivity contribution in [1.29, 1.82) is 0 Å². The first kappa shape index (κ1) is 18.7. The van der Waals surface area contributed by atoms with Crippen molar-refractivity contribution < 1.29 is 17.9 Å². The van der Waals surface area contributed by atoms with Crippen molar-refractivity contribution in [3.05, 3.63) is 30.3 Å². The van der Waals surface area contributed by atoms with Crippen LogP contribution in [0.3, 0.4) is 0 Å². The SMILES string of the molecule is CCCCCCCC(CC(=O)OC)S(=O)(=O)c1ccccc1. The number of esters is 1. The lowest BCUT2D eigenvalue weighted by Crippen LogP contribution is -2.25. The number of sulfone groups is 1. The number of hydrogen-bond acceptors (Lipinski definition) is 4. The summed E-state index contributed by atoms with van der Waals surface area (Å²) in [6, 6.07) is 8.33. The van der Waals surface area contributed by atoms with E-state index in [0.29, 0.717) is 6.42 Å². The maximum Gasteiger partial charge on any atom is 0.306 e. The number of carbonyl (C=O) groups excluding carboxylic acids is 1. The van der Waals surface area contributed by atoms with Crippen LogP contribution in [0.2, 0.25) is 0 Å². The van der Waals surface area contributed by atoms with Crippen molar-refractivity contribution in [3.8, 4) is 0 Å². The van der Waals surface area contributed by atoms with Crippen LogP contribution in [0.15, 0.2) is 35.2 Å². The van der Waals surface area contributed by atoms with Gasteiger partial charge in [-0.05, 0) is 18.6 Å². The Balaban J connectivity index is 2.78. The molecule has 0 fully saturated rings. The van der Waals surface area contributed by atoms with E-state index in [0.717, 1.165) is 32.1 Å². The normalized spacial score (nSPS) is 12.8. The third kappa shape index (κ3) is 5.79. The first-order chi connectivity index (χ1) is 10.5. The van der Waals surface area contributed by atoms with Gasteiger partial charge in [-0.15, -0.1) is 0 Å². The number of benzene rings is 1. The van der Waals surface area contributed by atoms with E-state index in [1.165, 1.54) is 7.11 Å². The molecule has 0 aliphatic heterocycles. The Bertz CT molecular complexity index is 537. The van der Waals surface area contributed by atoms with Gasteiger partial charge in [-0.25, -0.2) is 8.42 Å². The summed E-state index contributed by atoms with van der Waals surface area (Å²) in [5.41, 5.74) is 0. The molecule has 0 aliphatic carbocycles. The van der Waals surface area contributed by atoms with Gasteiger partial charge >= 0.3 is 5.97 Å². The van der Waals surface area contributed by atoms with Crippen LogP contribution in [-0.4, -0.2) is 26.7 Å². The van der Waals surface area contributed by atoms with E-state index in [-0.39, 0.29) is 11.3 Å². The number of ether oxygens (including phenoxy) is 1. The maximum atomic E-state index is 12.7. The number of rotatable bonds is 10. The van der Waals surface area contributed by atoms with Gasteiger partial charge in [0.05, 0.1) is 23.7 Å². The monoisotopic (exact) mass is 326 g/mol. The second-order valence-corrected chi connectivity index (χ2v) is 7.69. The number of methoxy groups -OCH3 is 1. The fourth-order valence-electron chi connectivity index (χ4n) is 2.41. The highest BCUT2D eigenvalue weighted by atomic mass is 32.2. The Morgan fingerprint density at radius 3 is 2.32 bits per heavy atom. The Kier molecular flexibility index (Phi) is 8.17. The summed E-state index contributed by atoms with van der Waals surface area (Å²) in [7, 11) is -2.21. The number of hydrogen-bond donors (Lipinski definition) is 0. The molecule has 1 unspecified atom stereocenters. The molecule has 0 heterocycles. The molecule has 0 bridgehead atoms. The van der Waals surface area contributed by atoms with Gasteiger partial charge in [-0.2, -0.15) is 0 Å². The summed E-state index contributed by atoms with van der Waals surface area (Å²) < 4.78 is 30.0. The molecule has 4 nitrogen and oxygen atoms in total. The molecule has 0 saturated carbocycles. The molecule has 0 N–H and O–H groups in total. The Hall–Kier alpha value is -1.36. The molecule has 0 aliphatic rings. The minimum Gasteiger partial charge on any atom is -0.469 e. The van der Waals surface area contributed by atoms with Crippen molar-refractivity contribution in [2.75, 3.05) is 7.11 Å². The number of unbranched alkanes of at least 4 members (excludes halogenated alkanes) is 4. The predicted molar refractivity (Wildman–Crippen MR) is 87.4 cm³/mol. The van der Waals surface area contributed by atoms with Gasteiger partial charge in [0, 0.05) is 0 Å². The summed E-state index contributed by atoms with van der Waals surface area (Å²) in [5.74, 6) is -0.474. The van der Waals surface area contributed by atoms with Gasteiger partial charge in [0.2, 0.25) is 0 Å². The molecule has 22 heavy (non-hydrogen) atoms. The fourth-order valence-corrected chi connectivity index (χ4v) is 4.17. The maximum absolute atomic E-state index is 12.7. The summed E-state index contributed by atoms with van der Waals surface area (Å²) in [6.45, 7) is 2.14. The molecular formula is C17H26O4S. The van der Waals surface area contributed by atoms with Gasteiger partial charge in [0.1, 0.15) is 0 Å². The van der Waals surface area contributed by atoms with E-state index in [2.05, 4.69) is 11.7 Å². The molecule has 1 atom stereocenters. The van der Waals surface area contributed by atoms with Gasteiger partial charge in [0.15, 0.2) is 9.84 Å². The van der Waals surface area contributed by atoms with Crippen LogP contribution >= 0.6 is 0 Å². The summed E-state index contributed by atoms with van der Waals surface area (Å²) in [5, 5.41) is -0.705. The highest BCUT2D eigenvalue weighted by Gasteiger charge is 2.29. The highest BCUT2D eigenvalue weighted by molar-refractivity contribution is 7.92. The molecule has 0 amide bonds. The Morgan fingerprint density at radius 2 is 1.73 bits per heavy atom. The van der Waals surface area contributed by atoms with Gasteiger partial charge < -0.3 is 4.74 Å². The molecule has 1 aromatic carbocycles. The average Bonchev–Trinajstić information content (AvgIpc) is 2.54. The minimum absolute atomic E-state index is 0.0818. The Morgan fingerprint density at radius 1 is 1.09 bits per heavy atom. The van der Waals surface area contributed by atoms with Crippen LogP contribution in [0.5, 0.6) is 0 Å². The standard InChI is InChI=1S/C17H26O4S/c1-3-4-5-6-8-13-16(14-17(18)21-2)22(19,20)15-11-9-7-10-12-15/h7,9-12,16H,3-6,8,13-14H2,1-2H3. The van der Waals surface area contributed by atoms with Crippen molar-refractivity contribution in [3.63, 3.8) is 0 Å². The number of carbonyl (C=O) groups is 1. The quantitative estimate of drug-likeness (QED) is 0.485. The topological polar surface area (TPSA) is 60.4 Å². The molecule has 0 radical (unpaired) electrons. The van der Waals surface area contributed by atoms with E-state index < -0.39 is 21.1 Å². The molecule has 0 aromatic heterocycles. The molecule has 124 valence electrons. The highest BCUT2D eigenvalue weighted by Crippen LogP contribution is 2.23. The van der Waals surface area contributed by atoms with E-state index >= 15 is 0 Å². The zero-order valence-corrected chi connectivity index (χ0v) is 14.3. The van der Waals surface area contributed by atoms with Crippen LogP contribution in [0, 0.1) is 0 Å². The zero-order valence-electron chi connectivity index (χ0n) is 13.5. The molecule has 1 rings (SSSR count). The lowest BCUT2D eigenvalue weighted by molar-refractivity contribution is -0.140. The van der Waals surface area contributed by atoms with E-state index in [4.69, 9.17) is 0 Å². The van der Waals surface area contributed by atoms with Gasteiger partial charge in [0.25, 0.3) is 0 Å². The second-order valence-electron chi connectivity index (χ2n) is 5.46. The van der Waals surface area contributed by atoms with Crippen LogP contribution in [-0.2, 0) is 19.4 Å². The zero-order chi connectivity index (χ0) is 16.4. The van der Waals surface area contributed by atoms with Crippen LogP contribution in [0.1, 0.15) is 51.9 Å². The van der Waals surface area contributed by atoms with Crippen molar-refractivity contribution in [2.45, 2.75) is 62.0 Å². The largest absolute Gasteiger partial charge is 0.469 e. The Labute approximate surface area is 133 Å². The lowest BCUT2D eigenvalue weighted by Gasteiger charge is -2.16. The lowest BCUT2D eigenvalue weighted by atomic mass is 10.1. The third-order valence-corrected chi connectivity index (χ3v) is 5.97. The average molecular weight is 326 g/mol. The van der Waals surface area contributed by atoms with E-state index in [1.807, 2.05) is 0 Å². The predicted octanol–water partition coefficient (Wildman–Crippen LogP) is 3.75. The van der Waals surface area contributed by atoms with Gasteiger partial charge in [-0.3, -0.25) is 4.79 Å². The summed E-state index contributed by atoms with van der Waals surface area (Å²) in [6.07, 6.45) is 5.63. The summed E-state index contributed by atoms with van der Waals surface area (Å²) >= 11 is 0. The van der Waals surface area contributed by atoms with E-state index in [9.17, 15) is 13.2 Å². The smallest absolute Gasteiger partial charge is 0.306 e. The third-order valence-electron chi connectivity index (χ3n) is 3.76. The molecule has 5 heteroatoms. The van der Waals surface area contributed by atoms with E-state index in [1.54, 1.807) is 30.3 Å². The first-order valence-electron chi connectivity index (χ1n) is 7.88. The molecule has 0 spiro atoms. The van der Waals surface area contributed by atoms with Gasteiger partial charge in [-0.1, -0.05) is 57.2 Å². The summed E-state index contributed by atoms with van der Waals surface area (Å²) in [4.78, 5) is 11.8. The molecule has 0 saturated heterocycles. The minimum atomic E-state index is -3.50. The molecular weight excluding hydrogens is 300 g/mol. The van der Waals surface area contributed by atoms with Crippen LogP contribution in [0.25, 0.3) is 0 Å². The van der Waals surface area contributed by atoms with Crippen molar-refractivity contribution in [2.24, 2.45) is 0 Å². The van der Waals surface area contributed by atoms with Crippen LogP contribution < -0.4 is 0 Å². The first-order valence-corrected chi connectivity index (χ1v) is 9.42. The van der Waals surface area contributed by atoms with Crippen molar-refractivity contribution >= 4 is 15.8 Å². The second kappa shape index (κ2) is 9.62. The van der Waals surface area contributed by atoms with Crippen molar-refractivity contribution in [1.82, 2.24) is 0 Å². The molecule has 1 aromatic rings. The fraction of sp³-hybridized carbons (Fsp3) is 0.588. The van der Waals surface area contributed by atoms with Crippen LogP contribution in [0.4, 0.5) is 0 Å².